The summed E-state index contributed by atoms with van der Waals surface area (Å²) in [7, 11) is 1.60. The molecule has 5 nitrogen and oxygen atoms in total. The second-order valence-corrected chi connectivity index (χ2v) is 7.08. The molecule has 0 aliphatic carbocycles. The molecule has 2 N–H and O–H groups in total. The van der Waals surface area contributed by atoms with Gasteiger partial charge in [0, 0.05) is 5.69 Å². The number of aryl methyl sites for hydroxylation is 2. The SMILES string of the molecule is COc1cccc(-c2ccc(Cl)c(C(=O)Nc3c(C)cc(C(=O)O)cc3C)c2)c1. The standard InChI is InChI=1S/C23H20ClNO4/c1-13-9-17(23(27)28)10-14(2)21(13)25-22(26)19-12-16(7-8-20(19)24)15-5-4-6-18(11-15)29-3/h4-12H,1-3H3,(H,25,26)(H,27,28). The van der Waals surface area contributed by atoms with Crippen molar-refractivity contribution < 1.29 is 19.4 Å². The third-order valence-corrected chi connectivity index (χ3v) is 4.96. The molecule has 0 heterocycles. The molecule has 0 atom stereocenters. The van der Waals surface area contributed by atoms with Gasteiger partial charge in [-0.3, -0.25) is 4.79 Å². The lowest BCUT2D eigenvalue weighted by atomic mass is 10.0. The van der Waals surface area contributed by atoms with Crippen LogP contribution in [0.2, 0.25) is 5.02 Å². The fourth-order valence-electron chi connectivity index (χ4n) is 3.15. The maximum absolute atomic E-state index is 12.9. The highest BCUT2D eigenvalue weighted by Gasteiger charge is 2.16. The number of nitrogens with one attached hydrogen (secondary N) is 1. The van der Waals surface area contributed by atoms with Crippen LogP contribution in [-0.4, -0.2) is 24.1 Å². The van der Waals surface area contributed by atoms with E-state index >= 15 is 0 Å². The van der Waals surface area contributed by atoms with E-state index in [1.54, 1.807) is 33.1 Å². The van der Waals surface area contributed by atoms with E-state index in [2.05, 4.69) is 5.32 Å². The highest BCUT2D eigenvalue weighted by atomic mass is 35.5. The van der Waals surface area contributed by atoms with Gasteiger partial charge in [0.05, 0.1) is 23.3 Å². The Balaban J connectivity index is 1.95. The number of amides is 1. The predicted octanol–water partition coefficient (Wildman–Crippen LogP) is 5.58. The van der Waals surface area contributed by atoms with Crippen molar-refractivity contribution in [3.05, 3.63) is 81.9 Å². The lowest BCUT2D eigenvalue weighted by molar-refractivity contribution is 0.0696. The molecule has 3 rings (SSSR count). The largest absolute Gasteiger partial charge is 0.497 e. The average molecular weight is 410 g/mol. The molecule has 0 aromatic heterocycles. The van der Waals surface area contributed by atoms with Crippen LogP contribution in [0.5, 0.6) is 5.75 Å². The number of carboxylic acid groups (broad SMARTS) is 1. The van der Waals surface area contributed by atoms with Crippen molar-refractivity contribution in [2.24, 2.45) is 0 Å². The Kier molecular flexibility index (Phi) is 5.89. The summed E-state index contributed by atoms with van der Waals surface area (Å²) in [6.45, 7) is 3.51. The van der Waals surface area contributed by atoms with Crippen LogP contribution in [0.3, 0.4) is 0 Å². The van der Waals surface area contributed by atoms with E-state index < -0.39 is 5.97 Å². The molecule has 148 valence electrons. The Labute approximate surface area is 173 Å². The van der Waals surface area contributed by atoms with E-state index in [0.717, 1.165) is 11.1 Å². The molecule has 0 radical (unpaired) electrons. The van der Waals surface area contributed by atoms with Gasteiger partial charge in [-0.05, 0) is 72.5 Å². The second-order valence-electron chi connectivity index (χ2n) is 6.67. The van der Waals surface area contributed by atoms with Gasteiger partial charge >= 0.3 is 5.97 Å². The van der Waals surface area contributed by atoms with Crippen LogP contribution >= 0.6 is 11.6 Å². The van der Waals surface area contributed by atoms with Crippen molar-refractivity contribution in [2.45, 2.75) is 13.8 Å². The number of halogens is 1. The van der Waals surface area contributed by atoms with Gasteiger partial charge in [-0.1, -0.05) is 29.8 Å². The number of carboxylic acids is 1. The quantitative estimate of drug-likeness (QED) is 0.576. The van der Waals surface area contributed by atoms with E-state index in [-0.39, 0.29) is 11.5 Å². The summed E-state index contributed by atoms with van der Waals surface area (Å²) in [5.74, 6) is -0.662. The van der Waals surface area contributed by atoms with E-state index in [1.165, 1.54) is 12.1 Å². The summed E-state index contributed by atoms with van der Waals surface area (Å²) in [4.78, 5) is 24.1. The normalized spacial score (nSPS) is 10.5. The zero-order valence-electron chi connectivity index (χ0n) is 16.2. The summed E-state index contributed by atoms with van der Waals surface area (Å²) in [6.07, 6.45) is 0. The van der Waals surface area contributed by atoms with Crippen LogP contribution in [0.15, 0.2) is 54.6 Å². The molecule has 0 fully saturated rings. The summed E-state index contributed by atoms with van der Waals surface area (Å²) >= 11 is 6.29. The number of hydrogen-bond donors (Lipinski definition) is 2. The van der Waals surface area contributed by atoms with Crippen molar-refractivity contribution in [3.63, 3.8) is 0 Å². The maximum Gasteiger partial charge on any atom is 0.335 e. The number of methoxy groups -OCH3 is 1. The topological polar surface area (TPSA) is 75.6 Å². The Morgan fingerprint density at radius 2 is 1.62 bits per heavy atom. The molecule has 3 aromatic carbocycles. The number of benzene rings is 3. The predicted molar refractivity (Wildman–Crippen MR) is 114 cm³/mol. The monoisotopic (exact) mass is 409 g/mol. The Bertz CT molecular complexity index is 1080. The molecule has 0 unspecified atom stereocenters. The van der Waals surface area contributed by atoms with Gasteiger partial charge < -0.3 is 15.2 Å². The molecule has 0 saturated carbocycles. The van der Waals surface area contributed by atoms with E-state index in [0.29, 0.717) is 33.1 Å². The number of carbonyl (C=O) groups excluding carboxylic acids is 1. The van der Waals surface area contributed by atoms with Gasteiger partial charge in [0.2, 0.25) is 0 Å². The number of anilines is 1. The van der Waals surface area contributed by atoms with Gasteiger partial charge in [0.15, 0.2) is 0 Å². The Morgan fingerprint density at radius 3 is 2.24 bits per heavy atom. The van der Waals surface area contributed by atoms with Gasteiger partial charge in [-0.15, -0.1) is 0 Å². The summed E-state index contributed by atoms with van der Waals surface area (Å²) < 4.78 is 5.26. The molecule has 3 aromatic rings. The first-order chi connectivity index (χ1) is 13.8. The first-order valence-electron chi connectivity index (χ1n) is 8.90. The van der Waals surface area contributed by atoms with E-state index in [9.17, 15) is 14.7 Å². The lowest BCUT2D eigenvalue weighted by Gasteiger charge is -2.14. The van der Waals surface area contributed by atoms with Crippen molar-refractivity contribution in [1.29, 1.82) is 0 Å². The summed E-state index contributed by atoms with van der Waals surface area (Å²) in [5, 5.41) is 12.4. The Hall–Kier alpha value is -3.31. The van der Waals surface area contributed by atoms with Gasteiger partial charge in [-0.2, -0.15) is 0 Å². The minimum absolute atomic E-state index is 0.177. The van der Waals surface area contributed by atoms with Crippen LogP contribution in [0.1, 0.15) is 31.8 Å². The van der Waals surface area contributed by atoms with Crippen LogP contribution < -0.4 is 10.1 Å². The number of aromatic carboxylic acids is 1. The highest BCUT2D eigenvalue weighted by Crippen LogP contribution is 2.29. The van der Waals surface area contributed by atoms with Crippen LogP contribution in [-0.2, 0) is 0 Å². The number of hydrogen-bond acceptors (Lipinski definition) is 3. The van der Waals surface area contributed by atoms with E-state index in [1.807, 2.05) is 30.3 Å². The van der Waals surface area contributed by atoms with Crippen molar-refractivity contribution >= 4 is 29.2 Å². The van der Waals surface area contributed by atoms with Crippen LogP contribution in [0.4, 0.5) is 5.69 Å². The van der Waals surface area contributed by atoms with E-state index in [4.69, 9.17) is 16.3 Å². The minimum atomic E-state index is -1.01. The molecule has 0 aliphatic heterocycles. The zero-order valence-corrected chi connectivity index (χ0v) is 17.0. The van der Waals surface area contributed by atoms with Gasteiger partial charge in [0.1, 0.15) is 5.75 Å². The first kappa shape index (κ1) is 20.4. The average Bonchev–Trinajstić information content (AvgIpc) is 2.70. The minimum Gasteiger partial charge on any atom is -0.497 e. The molecular weight excluding hydrogens is 390 g/mol. The molecule has 6 heteroatoms. The molecule has 0 aliphatic rings. The number of carbonyl (C=O) groups is 2. The van der Waals surface area contributed by atoms with Gasteiger partial charge in [0.25, 0.3) is 5.91 Å². The van der Waals surface area contributed by atoms with Crippen molar-refractivity contribution in [3.8, 4) is 16.9 Å². The van der Waals surface area contributed by atoms with Crippen molar-refractivity contribution in [2.75, 3.05) is 12.4 Å². The number of ether oxygens (including phenoxy) is 1. The molecule has 0 spiro atoms. The summed E-state index contributed by atoms with van der Waals surface area (Å²) in [5.41, 5.74) is 4.13. The first-order valence-corrected chi connectivity index (χ1v) is 9.28. The molecule has 29 heavy (non-hydrogen) atoms. The molecule has 0 saturated heterocycles. The fraction of sp³-hybridized carbons (Fsp3) is 0.130. The smallest absolute Gasteiger partial charge is 0.335 e. The molecule has 0 bridgehead atoms. The van der Waals surface area contributed by atoms with Crippen LogP contribution in [0.25, 0.3) is 11.1 Å². The summed E-state index contributed by atoms with van der Waals surface area (Å²) in [6, 6.07) is 15.8. The number of rotatable bonds is 5. The fourth-order valence-corrected chi connectivity index (χ4v) is 3.35. The Morgan fingerprint density at radius 1 is 0.966 bits per heavy atom. The molecular formula is C23H20ClNO4. The third-order valence-electron chi connectivity index (χ3n) is 4.63. The van der Waals surface area contributed by atoms with Crippen molar-refractivity contribution in [1.82, 2.24) is 0 Å². The highest BCUT2D eigenvalue weighted by molar-refractivity contribution is 6.34. The zero-order chi connectivity index (χ0) is 21.1. The third kappa shape index (κ3) is 4.41. The maximum atomic E-state index is 12.9. The van der Waals surface area contributed by atoms with Crippen LogP contribution in [0, 0.1) is 13.8 Å². The second kappa shape index (κ2) is 8.37. The van der Waals surface area contributed by atoms with Gasteiger partial charge in [-0.25, -0.2) is 4.79 Å². The lowest BCUT2D eigenvalue weighted by Crippen LogP contribution is -2.15. The molecule has 1 amide bonds.